The lowest BCUT2D eigenvalue weighted by atomic mass is 9.91. The molecule has 2 heteroatoms. The number of hydrogen-bond donors (Lipinski definition) is 1. The van der Waals surface area contributed by atoms with E-state index in [1.54, 1.807) is 0 Å². The third-order valence-corrected chi connectivity index (χ3v) is 1.88. The van der Waals surface area contributed by atoms with Crippen molar-refractivity contribution in [3.63, 3.8) is 0 Å². The van der Waals surface area contributed by atoms with Crippen LogP contribution in [0.15, 0.2) is 30.3 Å². The van der Waals surface area contributed by atoms with Crippen molar-refractivity contribution in [2.24, 2.45) is 5.73 Å². The standard InChI is InChI=1S/C10H12N2/c1-10(12,7-8-11)9-5-3-2-4-6-9/h2-6H,7,12H2,1H3/t10-/m1/s1. The Morgan fingerprint density at radius 3 is 2.50 bits per heavy atom. The van der Waals surface area contributed by atoms with Crippen molar-refractivity contribution in [3.05, 3.63) is 35.9 Å². The van der Waals surface area contributed by atoms with Crippen molar-refractivity contribution in [2.45, 2.75) is 18.9 Å². The van der Waals surface area contributed by atoms with Crippen LogP contribution < -0.4 is 5.73 Å². The molecule has 1 aromatic rings. The van der Waals surface area contributed by atoms with Crippen molar-refractivity contribution in [1.82, 2.24) is 0 Å². The molecular weight excluding hydrogens is 148 g/mol. The molecule has 2 nitrogen and oxygen atoms in total. The van der Waals surface area contributed by atoms with Crippen molar-refractivity contribution in [2.75, 3.05) is 0 Å². The minimum Gasteiger partial charge on any atom is -0.321 e. The van der Waals surface area contributed by atoms with Gasteiger partial charge in [-0.3, -0.25) is 0 Å². The molecule has 1 rings (SSSR count). The molecule has 0 saturated carbocycles. The first-order chi connectivity index (χ1) is 5.67. The topological polar surface area (TPSA) is 49.8 Å². The summed E-state index contributed by atoms with van der Waals surface area (Å²) in [5.74, 6) is 0. The number of nitrogens with zero attached hydrogens (tertiary/aromatic N) is 1. The van der Waals surface area contributed by atoms with Gasteiger partial charge in [0.05, 0.1) is 18.0 Å². The second kappa shape index (κ2) is 3.38. The highest BCUT2D eigenvalue weighted by Crippen LogP contribution is 2.19. The van der Waals surface area contributed by atoms with E-state index in [2.05, 4.69) is 6.07 Å². The van der Waals surface area contributed by atoms with Crippen LogP contribution in [0.4, 0.5) is 0 Å². The summed E-state index contributed by atoms with van der Waals surface area (Å²) in [5.41, 5.74) is 6.41. The van der Waals surface area contributed by atoms with Crippen LogP contribution in [0, 0.1) is 11.3 Å². The quantitative estimate of drug-likeness (QED) is 0.716. The second-order valence-corrected chi connectivity index (χ2v) is 3.12. The molecule has 0 aliphatic heterocycles. The molecule has 1 atom stereocenters. The Morgan fingerprint density at radius 2 is 2.00 bits per heavy atom. The maximum Gasteiger partial charge on any atom is 0.0644 e. The molecule has 1 aromatic carbocycles. The van der Waals surface area contributed by atoms with Crippen LogP contribution in [0.3, 0.4) is 0 Å². The van der Waals surface area contributed by atoms with Gasteiger partial charge in [-0.15, -0.1) is 0 Å². The molecule has 0 radical (unpaired) electrons. The third-order valence-electron chi connectivity index (χ3n) is 1.88. The summed E-state index contributed by atoms with van der Waals surface area (Å²) in [7, 11) is 0. The van der Waals surface area contributed by atoms with Crippen molar-refractivity contribution >= 4 is 0 Å². The van der Waals surface area contributed by atoms with Crippen molar-refractivity contribution in [3.8, 4) is 6.07 Å². The van der Waals surface area contributed by atoms with E-state index in [-0.39, 0.29) is 0 Å². The number of benzene rings is 1. The van der Waals surface area contributed by atoms with E-state index in [1.165, 1.54) is 0 Å². The Kier molecular flexibility index (Phi) is 2.47. The minimum atomic E-state index is -0.518. The Labute approximate surface area is 72.6 Å². The zero-order chi connectivity index (χ0) is 9.03. The highest BCUT2D eigenvalue weighted by Gasteiger charge is 2.19. The van der Waals surface area contributed by atoms with E-state index in [1.807, 2.05) is 37.3 Å². The van der Waals surface area contributed by atoms with Gasteiger partial charge < -0.3 is 5.73 Å². The van der Waals surface area contributed by atoms with Gasteiger partial charge >= 0.3 is 0 Å². The van der Waals surface area contributed by atoms with Crippen LogP contribution in [0.2, 0.25) is 0 Å². The van der Waals surface area contributed by atoms with Gasteiger partial charge in [0.1, 0.15) is 0 Å². The molecule has 0 spiro atoms. The van der Waals surface area contributed by atoms with Gasteiger partial charge in [-0.25, -0.2) is 0 Å². The first-order valence-electron chi connectivity index (χ1n) is 3.88. The van der Waals surface area contributed by atoms with Crippen molar-refractivity contribution < 1.29 is 0 Å². The lowest BCUT2D eigenvalue weighted by Crippen LogP contribution is -2.32. The minimum absolute atomic E-state index is 0.344. The molecule has 0 saturated heterocycles. The Hall–Kier alpha value is -1.33. The summed E-state index contributed by atoms with van der Waals surface area (Å²) in [5, 5.41) is 8.53. The Bertz CT molecular complexity index is 282. The summed E-state index contributed by atoms with van der Waals surface area (Å²) in [6, 6.07) is 11.8. The highest BCUT2D eigenvalue weighted by atomic mass is 14.7. The van der Waals surface area contributed by atoms with Crippen LogP contribution in [0.1, 0.15) is 18.9 Å². The van der Waals surface area contributed by atoms with E-state index in [4.69, 9.17) is 11.0 Å². The molecule has 0 aliphatic carbocycles. The molecule has 0 heterocycles. The van der Waals surface area contributed by atoms with E-state index in [0.29, 0.717) is 6.42 Å². The average Bonchev–Trinajstić information content (AvgIpc) is 2.06. The van der Waals surface area contributed by atoms with E-state index in [0.717, 1.165) is 5.56 Å². The fourth-order valence-corrected chi connectivity index (χ4v) is 1.09. The summed E-state index contributed by atoms with van der Waals surface area (Å²) in [6.45, 7) is 1.87. The Morgan fingerprint density at radius 1 is 1.42 bits per heavy atom. The van der Waals surface area contributed by atoms with Crippen LogP contribution >= 0.6 is 0 Å². The summed E-state index contributed by atoms with van der Waals surface area (Å²) < 4.78 is 0. The fraction of sp³-hybridized carbons (Fsp3) is 0.300. The maximum absolute atomic E-state index is 8.53. The van der Waals surface area contributed by atoms with Crippen LogP contribution in [-0.4, -0.2) is 0 Å². The maximum atomic E-state index is 8.53. The molecule has 0 aliphatic rings. The predicted octanol–water partition coefficient (Wildman–Crippen LogP) is 1.77. The zero-order valence-electron chi connectivity index (χ0n) is 7.12. The van der Waals surface area contributed by atoms with Crippen LogP contribution in [0.5, 0.6) is 0 Å². The molecule has 12 heavy (non-hydrogen) atoms. The van der Waals surface area contributed by atoms with Gasteiger partial charge in [0, 0.05) is 0 Å². The Balaban J connectivity index is 2.91. The van der Waals surface area contributed by atoms with Gasteiger partial charge in [-0.2, -0.15) is 5.26 Å². The number of rotatable bonds is 2. The van der Waals surface area contributed by atoms with Crippen LogP contribution in [0.25, 0.3) is 0 Å². The molecule has 62 valence electrons. The van der Waals surface area contributed by atoms with Crippen molar-refractivity contribution in [1.29, 1.82) is 5.26 Å². The highest BCUT2D eigenvalue weighted by molar-refractivity contribution is 5.23. The first-order valence-corrected chi connectivity index (χ1v) is 3.88. The van der Waals surface area contributed by atoms with Gasteiger partial charge in [0.15, 0.2) is 0 Å². The monoisotopic (exact) mass is 160 g/mol. The lowest BCUT2D eigenvalue weighted by molar-refractivity contribution is 0.507. The normalized spacial score (nSPS) is 14.8. The average molecular weight is 160 g/mol. The molecule has 0 unspecified atom stereocenters. The molecule has 0 aromatic heterocycles. The molecular formula is C10H12N2. The van der Waals surface area contributed by atoms with Gasteiger partial charge in [-0.1, -0.05) is 30.3 Å². The van der Waals surface area contributed by atoms with E-state index in [9.17, 15) is 0 Å². The van der Waals surface area contributed by atoms with Gasteiger partial charge in [0.25, 0.3) is 0 Å². The smallest absolute Gasteiger partial charge is 0.0644 e. The molecule has 0 fully saturated rings. The molecule has 0 amide bonds. The van der Waals surface area contributed by atoms with Crippen LogP contribution in [-0.2, 0) is 5.54 Å². The predicted molar refractivity (Wildman–Crippen MR) is 48.2 cm³/mol. The van der Waals surface area contributed by atoms with E-state index >= 15 is 0 Å². The first kappa shape index (κ1) is 8.76. The molecule has 0 bridgehead atoms. The summed E-state index contributed by atoms with van der Waals surface area (Å²) in [4.78, 5) is 0. The number of hydrogen-bond acceptors (Lipinski definition) is 2. The lowest BCUT2D eigenvalue weighted by Gasteiger charge is -2.21. The number of nitriles is 1. The summed E-state index contributed by atoms with van der Waals surface area (Å²) >= 11 is 0. The second-order valence-electron chi connectivity index (χ2n) is 3.12. The SMILES string of the molecule is C[C@@](N)(CC#N)c1ccccc1. The third kappa shape index (κ3) is 1.84. The largest absolute Gasteiger partial charge is 0.321 e. The molecule has 2 N–H and O–H groups in total. The van der Waals surface area contributed by atoms with Gasteiger partial charge in [-0.05, 0) is 12.5 Å². The fourth-order valence-electron chi connectivity index (χ4n) is 1.09. The van der Waals surface area contributed by atoms with Gasteiger partial charge in [0.2, 0.25) is 0 Å². The van der Waals surface area contributed by atoms with E-state index < -0.39 is 5.54 Å². The summed E-state index contributed by atoms with van der Waals surface area (Å²) in [6.07, 6.45) is 0.344. The zero-order valence-corrected chi connectivity index (χ0v) is 7.12. The number of nitrogens with two attached hydrogens (primary N) is 1.